The lowest BCUT2D eigenvalue weighted by Gasteiger charge is -2.08. The summed E-state index contributed by atoms with van der Waals surface area (Å²) in [6.07, 6.45) is 1.55. The fourth-order valence-corrected chi connectivity index (χ4v) is 2.21. The minimum absolute atomic E-state index is 0.0458. The first-order valence-electron chi connectivity index (χ1n) is 8.44. The Labute approximate surface area is 153 Å². The van der Waals surface area contributed by atoms with Crippen LogP contribution < -0.4 is 14.8 Å². The molecule has 1 N–H and O–H groups in total. The van der Waals surface area contributed by atoms with Gasteiger partial charge in [0.2, 0.25) is 0 Å². The van der Waals surface area contributed by atoms with Crippen molar-refractivity contribution in [3.8, 4) is 17.6 Å². The molecule has 26 heavy (non-hydrogen) atoms. The Morgan fingerprint density at radius 1 is 1.08 bits per heavy atom. The number of hydrogen-bond donors (Lipinski definition) is 1. The first-order valence-corrected chi connectivity index (χ1v) is 8.44. The van der Waals surface area contributed by atoms with Crippen molar-refractivity contribution < 1.29 is 14.3 Å². The van der Waals surface area contributed by atoms with Crippen molar-refractivity contribution in [3.05, 3.63) is 65.2 Å². The molecule has 1 amide bonds. The zero-order valence-corrected chi connectivity index (χ0v) is 15.0. The highest BCUT2D eigenvalue weighted by Gasteiger charge is 2.08. The number of nitrogens with one attached hydrogen (secondary N) is 1. The maximum atomic E-state index is 12.1. The molecule has 0 atom stereocenters. The summed E-state index contributed by atoms with van der Waals surface area (Å²) in [6, 6.07) is 16.8. The van der Waals surface area contributed by atoms with Gasteiger partial charge >= 0.3 is 0 Å². The molecule has 0 saturated heterocycles. The average Bonchev–Trinajstić information content (AvgIpc) is 2.66. The van der Waals surface area contributed by atoms with Gasteiger partial charge in [-0.3, -0.25) is 4.79 Å². The number of rotatable bonds is 8. The molecule has 2 rings (SSSR count). The van der Waals surface area contributed by atoms with Gasteiger partial charge in [-0.2, -0.15) is 5.26 Å². The zero-order valence-electron chi connectivity index (χ0n) is 15.0. The van der Waals surface area contributed by atoms with Crippen molar-refractivity contribution in [2.75, 3.05) is 19.8 Å². The van der Waals surface area contributed by atoms with E-state index in [4.69, 9.17) is 9.47 Å². The van der Waals surface area contributed by atoms with E-state index in [-0.39, 0.29) is 5.57 Å². The van der Waals surface area contributed by atoms with Crippen LogP contribution in [0.4, 0.5) is 0 Å². The second-order valence-electron chi connectivity index (χ2n) is 5.59. The normalized spacial score (nSPS) is 10.7. The number of benzene rings is 2. The largest absolute Gasteiger partial charge is 0.494 e. The van der Waals surface area contributed by atoms with Gasteiger partial charge in [-0.05, 0) is 49.8 Å². The third-order valence-electron chi connectivity index (χ3n) is 3.54. The number of ether oxygens (including phenoxy) is 2. The van der Waals surface area contributed by atoms with Crippen LogP contribution in [0.15, 0.2) is 54.1 Å². The van der Waals surface area contributed by atoms with Gasteiger partial charge in [0.1, 0.15) is 29.7 Å². The second kappa shape index (κ2) is 9.90. The van der Waals surface area contributed by atoms with Crippen LogP contribution in [0.5, 0.6) is 11.5 Å². The van der Waals surface area contributed by atoms with Crippen molar-refractivity contribution in [1.82, 2.24) is 5.32 Å². The van der Waals surface area contributed by atoms with Crippen LogP contribution in [0, 0.1) is 18.3 Å². The van der Waals surface area contributed by atoms with Gasteiger partial charge in [0.05, 0.1) is 13.2 Å². The molecular weight excluding hydrogens is 328 g/mol. The highest BCUT2D eigenvalue weighted by Crippen LogP contribution is 2.14. The lowest BCUT2D eigenvalue weighted by molar-refractivity contribution is -0.117. The van der Waals surface area contributed by atoms with Gasteiger partial charge in [0.25, 0.3) is 5.91 Å². The van der Waals surface area contributed by atoms with Crippen molar-refractivity contribution >= 4 is 12.0 Å². The van der Waals surface area contributed by atoms with E-state index in [1.54, 1.807) is 30.3 Å². The molecule has 134 valence electrons. The maximum absolute atomic E-state index is 12.1. The predicted molar refractivity (Wildman–Crippen MR) is 101 cm³/mol. The molecule has 2 aromatic carbocycles. The lowest BCUT2D eigenvalue weighted by atomic mass is 10.1. The molecule has 0 unspecified atom stereocenters. The smallest absolute Gasteiger partial charge is 0.262 e. The van der Waals surface area contributed by atoms with Crippen molar-refractivity contribution in [3.63, 3.8) is 0 Å². The van der Waals surface area contributed by atoms with Crippen LogP contribution in [-0.2, 0) is 4.79 Å². The quantitative estimate of drug-likeness (QED) is 0.449. The molecule has 0 heterocycles. The number of aryl methyl sites for hydroxylation is 1. The molecule has 0 aliphatic carbocycles. The molecular formula is C21H22N2O3. The number of nitriles is 1. The number of hydrogen-bond acceptors (Lipinski definition) is 4. The van der Waals surface area contributed by atoms with E-state index in [9.17, 15) is 10.1 Å². The zero-order chi connectivity index (χ0) is 18.8. The highest BCUT2D eigenvalue weighted by molar-refractivity contribution is 6.01. The number of carbonyl (C=O) groups excluding carboxylic acids is 1. The summed E-state index contributed by atoms with van der Waals surface area (Å²) in [5, 5.41) is 11.9. The molecule has 0 aromatic heterocycles. The number of amides is 1. The molecule has 5 nitrogen and oxygen atoms in total. The Morgan fingerprint density at radius 2 is 1.69 bits per heavy atom. The van der Waals surface area contributed by atoms with Crippen molar-refractivity contribution in [2.45, 2.75) is 13.8 Å². The predicted octanol–water partition coefficient (Wildman–Crippen LogP) is 3.50. The minimum Gasteiger partial charge on any atom is -0.494 e. The number of nitrogens with zero attached hydrogens (tertiary/aromatic N) is 1. The summed E-state index contributed by atoms with van der Waals surface area (Å²) in [5.41, 5.74) is 1.96. The van der Waals surface area contributed by atoms with Crippen LogP contribution in [0.3, 0.4) is 0 Å². The summed E-state index contributed by atoms with van der Waals surface area (Å²) in [6.45, 7) is 5.15. The van der Waals surface area contributed by atoms with E-state index in [0.717, 1.165) is 22.6 Å². The molecule has 0 bridgehead atoms. The monoisotopic (exact) mass is 350 g/mol. The Morgan fingerprint density at radius 3 is 2.31 bits per heavy atom. The number of carbonyl (C=O) groups is 1. The van der Waals surface area contributed by atoms with E-state index in [1.807, 2.05) is 44.2 Å². The highest BCUT2D eigenvalue weighted by atomic mass is 16.5. The van der Waals surface area contributed by atoms with Crippen molar-refractivity contribution in [1.29, 1.82) is 5.26 Å². The summed E-state index contributed by atoms with van der Waals surface area (Å²) in [5.74, 6) is 1.07. The van der Waals surface area contributed by atoms with Gasteiger partial charge in [-0.15, -0.1) is 0 Å². The Bertz CT molecular complexity index is 788. The standard InChI is InChI=1S/C21H22N2O3/c1-3-25-19-10-6-17(7-11-19)14-18(15-22)21(24)23-12-13-26-20-8-4-16(2)5-9-20/h4-11,14H,3,12-13H2,1-2H3,(H,23,24)/b18-14+. The van der Waals surface area contributed by atoms with E-state index < -0.39 is 5.91 Å². The van der Waals surface area contributed by atoms with E-state index >= 15 is 0 Å². The molecule has 0 aliphatic heterocycles. The van der Waals surface area contributed by atoms with Crippen LogP contribution in [-0.4, -0.2) is 25.7 Å². The van der Waals surface area contributed by atoms with Gasteiger partial charge < -0.3 is 14.8 Å². The molecule has 5 heteroatoms. The average molecular weight is 350 g/mol. The summed E-state index contributed by atoms with van der Waals surface area (Å²) >= 11 is 0. The van der Waals surface area contributed by atoms with Crippen molar-refractivity contribution in [2.24, 2.45) is 0 Å². The first kappa shape index (κ1) is 19.1. The lowest BCUT2D eigenvalue weighted by Crippen LogP contribution is -2.29. The third-order valence-corrected chi connectivity index (χ3v) is 3.54. The second-order valence-corrected chi connectivity index (χ2v) is 5.59. The van der Waals surface area contributed by atoms with E-state index in [0.29, 0.717) is 19.8 Å². The van der Waals surface area contributed by atoms with Crippen LogP contribution in [0.1, 0.15) is 18.1 Å². The van der Waals surface area contributed by atoms with Crippen LogP contribution in [0.25, 0.3) is 6.08 Å². The molecule has 0 fully saturated rings. The molecule has 0 spiro atoms. The Balaban J connectivity index is 1.85. The van der Waals surface area contributed by atoms with Gasteiger partial charge in [0, 0.05) is 0 Å². The Hall–Kier alpha value is -3.26. The fourth-order valence-electron chi connectivity index (χ4n) is 2.21. The van der Waals surface area contributed by atoms with Gasteiger partial charge in [-0.1, -0.05) is 29.8 Å². The minimum atomic E-state index is -0.422. The van der Waals surface area contributed by atoms with Crippen LogP contribution >= 0.6 is 0 Å². The third kappa shape index (κ3) is 5.99. The topological polar surface area (TPSA) is 71.3 Å². The maximum Gasteiger partial charge on any atom is 0.262 e. The fraction of sp³-hybridized carbons (Fsp3) is 0.238. The molecule has 0 aliphatic rings. The summed E-state index contributed by atoms with van der Waals surface area (Å²) in [4.78, 5) is 12.1. The van der Waals surface area contributed by atoms with Crippen LogP contribution in [0.2, 0.25) is 0 Å². The van der Waals surface area contributed by atoms with E-state index in [2.05, 4.69) is 5.32 Å². The van der Waals surface area contributed by atoms with Gasteiger partial charge in [0.15, 0.2) is 0 Å². The molecule has 0 saturated carbocycles. The molecule has 0 radical (unpaired) electrons. The summed E-state index contributed by atoms with van der Waals surface area (Å²) < 4.78 is 10.9. The van der Waals surface area contributed by atoms with E-state index in [1.165, 1.54) is 0 Å². The molecule has 2 aromatic rings. The SMILES string of the molecule is CCOc1ccc(/C=C(\C#N)C(=O)NCCOc2ccc(C)cc2)cc1. The summed E-state index contributed by atoms with van der Waals surface area (Å²) in [7, 11) is 0. The van der Waals surface area contributed by atoms with Gasteiger partial charge in [-0.25, -0.2) is 0 Å². The first-order chi connectivity index (χ1) is 12.6. The Kier molecular flexibility index (Phi) is 7.26.